The lowest BCUT2D eigenvalue weighted by atomic mass is 10.0. The molecule has 1 amide bonds. The minimum absolute atomic E-state index is 0.0708. The summed E-state index contributed by atoms with van der Waals surface area (Å²) in [5, 5.41) is 19.4. The Morgan fingerprint density at radius 3 is 2.22 bits per heavy atom. The van der Waals surface area contributed by atoms with Gasteiger partial charge >= 0.3 is 12.1 Å². The van der Waals surface area contributed by atoms with E-state index in [2.05, 4.69) is 0 Å². The van der Waals surface area contributed by atoms with Gasteiger partial charge in [0, 0.05) is 12.2 Å². The molecular weight excluding hydrogens is 520 g/mol. The van der Waals surface area contributed by atoms with Gasteiger partial charge in [0.1, 0.15) is 17.6 Å². The summed E-state index contributed by atoms with van der Waals surface area (Å²) >= 11 is 0. The summed E-state index contributed by atoms with van der Waals surface area (Å²) in [6.07, 6.45) is -5.10. The first-order valence-electron chi connectivity index (χ1n) is 10.6. The molecule has 4 rings (SSSR count). The van der Waals surface area contributed by atoms with Crippen molar-refractivity contribution in [1.29, 1.82) is 0 Å². The Labute approximate surface area is 208 Å². The van der Waals surface area contributed by atoms with Crippen LogP contribution in [0.15, 0.2) is 71.6 Å². The fourth-order valence-corrected chi connectivity index (χ4v) is 5.61. The number of fused-ring (bicyclic) bond motifs is 1. The molecular formula is C24H18F4N2O6S. The number of carbonyl (C=O) groups is 2. The lowest BCUT2D eigenvalue weighted by Gasteiger charge is -2.29. The standard InChI is InChI=1S/C24H18F4N2O6S/c25-18-6-3-5-17(24(26,27)28)21(18)22(32)29-13-20(23(33)34)30(12-14-4-1-2-7-19(14)29)37(35,36)16-10-8-15(31)9-11-16/h1-11,20,31H,12-13H2,(H,33,34). The number of phenols is 1. The van der Waals surface area contributed by atoms with Gasteiger partial charge in [-0.1, -0.05) is 24.3 Å². The van der Waals surface area contributed by atoms with E-state index in [1.54, 1.807) is 0 Å². The number of aromatic hydroxyl groups is 1. The Hall–Kier alpha value is -3.97. The van der Waals surface area contributed by atoms with Gasteiger partial charge in [0.05, 0.1) is 22.6 Å². The lowest BCUT2D eigenvalue weighted by Crippen LogP contribution is -2.50. The highest BCUT2D eigenvalue weighted by atomic mass is 32.2. The molecule has 0 saturated heterocycles. The molecule has 1 aliphatic heterocycles. The minimum Gasteiger partial charge on any atom is -0.508 e. The zero-order chi connectivity index (χ0) is 27.1. The number of nitrogens with zero attached hydrogens (tertiary/aromatic N) is 2. The maximum Gasteiger partial charge on any atom is 0.417 e. The number of phenolic OH excluding ortho intramolecular Hbond substituents is 1. The monoisotopic (exact) mass is 538 g/mol. The van der Waals surface area contributed by atoms with E-state index in [0.717, 1.165) is 30.3 Å². The SMILES string of the molecule is O=C(O)C1CN(C(=O)c2c(F)cccc2C(F)(F)F)c2ccccc2CN1S(=O)(=O)c1ccc(O)cc1. The highest BCUT2D eigenvalue weighted by Crippen LogP contribution is 2.37. The van der Waals surface area contributed by atoms with Crippen LogP contribution in [0.2, 0.25) is 0 Å². The molecule has 0 saturated carbocycles. The molecule has 3 aromatic carbocycles. The van der Waals surface area contributed by atoms with Gasteiger partial charge in [0.15, 0.2) is 0 Å². The second-order valence-electron chi connectivity index (χ2n) is 8.10. The first kappa shape index (κ1) is 26.1. The van der Waals surface area contributed by atoms with Crippen LogP contribution in [-0.4, -0.2) is 47.4 Å². The van der Waals surface area contributed by atoms with E-state index in [1.165, 1.54) is 24.3 Å². The van der Waals surface area contributed by atoms with E-state index in [0.29, 0.717) is 21.3 Å². The number of halogens is 4. The Morgan fingerprint density at radius 2 is 1.59 bits per heavy atom. The van der Waals surface area contributed by atoms with E-state index in [4.69, 9.17) is 0 Å². The third-order valence-corrected chi connectivity index (χ3v) is 7.69. The molecule has 3 aromatic rings. The first-order chi connectivity index (χ1) is 17.3. The molecule has 13 heteroatoms. The quantitative estimate of drug-likeness (QED) is 0.488. The maximum atomic E-state index is 14.6. The number of hydrogen-bond donors (Lipinski definition) is 2. The second kappa shape index (κ2) is 9.48. The smallest absolute Gasteiger partial charge is 0.417 e. The van der Waals surface area contributed by atoms with Crippen molar-refractivity contribution in [3.63, 3.8) is 0 Å². The fourth-order valence-electron chi connectivity index (χ4n) is 4.06. The fraction of sp³-hybridized carbons (Fsp3) is 0.167. The molecule has 0 spiro atoms. The third kappa shape index (κ3) is 4.87. The van der Waals surface area contributed by atoms with Crippen LogP contribution in [0.1, 0.15) is 21.5 Å². The average molecular weight is 538 g/mol. The molecule has 1 aliphatic rings. The van der Waals surface area contributed by atoms with Gasteiger partial charge in [0.25, 0.3) is 5.91 Å². The van der Waals surface area contributed by atoms with Crippen molar-refractivity contribution < 1.29 is 45.8 Å². The molecule has 0 aromatic heterocycles. The van der Waals surface area contributed by atoms with Crippen molar-refractivity contribution in [3.8, 4) is 5.75 Å². The second-order valence-corrected chi connectivity index (χ2v) is 9.99. The summed E-state index contributed by atoms with van der Waals surface area (Å²) in [4.78, 5) is 26.0. The molecule has 1 heterocycles. The number of aliphatic carboxylic acids is 1. The van der Waals surface area contributed by atoms with Crippen molar-refractivity contribution in [2.75, 3.05) is 11.4 Å². The summed E-state index contributed by atoms with van der Waals surface area (Å²) in [6, 6.07) is 9.89. The Bertz CT molecular complexity index is 1480. The van der Waals surface area contributed by atoms with Gasteiger partial charge in [0.2, 0.25) is 10.0 Å². The van der Waals surface area contributed by atoms with Crippen LogP contribution in [0.25, 0.3) is 0 Å². The summed E-state index contributed by atoms with van der Waals surface area (Å²) in [6.45, 7) is -1.46. The predicted molar refractivity (Wildman–Crippen MR) is 122 cm³/mol. The van der Waals surface area contributed by atoms with Crippen molar-refractivity contribution in [2.45, 2.75) is 23.7 Å². The predicted octanol–water partition coefficient (Wildman–Crippen LogP) is 3.85. The van der Waals surface area contributed by atoms with Gasteiger partial charge in [-0.15, -0.1) is 0 Å². The van der Waals surface area contributed by atoms with Crippen molar-refractivity contribution in [2.24, 2.45) is 0 Å². The van der Waals surface area contributed by atoms with Crippen molar-refractivity contribution in [1.82, 2.24) is 4.31 Å². The number of rotatable bonds is 4. The van der Waals surface area contributed by atoms with Crippen LogP contribution < -0.4 is 4.90 Å². The third-order valence-electron chi connectivity index (χ3n) is 5.82. The van der Waals surface area contributed by atoms with E-state index in [1.807, 2.05) is 0 Å². The van der Waals surface area contributed by atoms with Crippen LogP contribution in [0.5, 0.6) is 5.75 Å². The van der Waals surface area contributed by atoms with Crippen molar-refractivity contribution >= 4 is 27.6 Å². The zero-order valence-electron chi connectivity index (χ0n) is 18.7. The number of carboxylic acid groups (broad SMARTS) is 1. The molecule has 0 fully saturated rings. The number of hydrogen-bond acceptors (Lipinski definition) is 5. The number of anilines is 1. The van der Waals surface area contributed by atoms with Crippen LogP contribution in [0.3, 0.4) is 0 Å². The molecule has 1 unspecified atom stereocenters. The Morgan fingerprint density at radius 1 is 0.946 bits per heavy atom. The minimum atomic E-state index is -5.10. The number of carboxylic acids is 1. The van der Waals surface area contributed by atoms with Crippen LogP contribution in [-0.2, 0) is 27.5 Å². The van der Waals surface area contributed by atoms with Gasteiger partial charge in [-0.3, -0.25) is 9.59 Å². The largest absolute Gasteiger partial charge is 0.508 e. The van der Waals surface area contributed by atoms with Gasteiger partial charge in [-0.05, 0) is 48.0 Å². The maximum absolute atomic E-state index is 14.6. The van der Waals surface area contributed by atoms with Crippen molar-refractivity contribution in [3.05, 3.63) is 89.2 Å². The molecule has 2 N–H and O–H groups in total. The normalized spacial score (nSPS) is 16.6. The highest BCUT2D eigenvalue weighted by Gasteiger charge is 2.44. The molecule has 0 radical (unpaired) electrons. The van der Waals surface area contributed by atoms with Gasteiger partial charge in [-0.2, -0.15) is 17.5 Å². The number of sulfonamides is 1. The number of alkyl halides is 3. The summed E-state index contributed by atoms with van der Waals surface area (Å²) in [5.74, 6) is -4.87. The van der Waals surface area contributed by atoms with Crippen LogP contribution in [0, 0.1) is 5.82 Å². The van der Waals surface area contributed by atoms with E-state index >= 15 is 0 Å². The molecule has 1 atom stereocenters. The Balaban J connectivity index is 1.88. The van der Waals surface area contributed by atoms with Crippen LogP contribution in [0.4, 0.5) is 23.2 Å². The number of para-hydroxylation sites is 1. The van der Waals surface area contributed by atoms with Crippen LogP contribution >= 0.6 is 0 Å². The van der Waals surface area contributed by atoms with Gasteiger partial charge < -0.3 is 15.1 Å². The first-order valence-corrected chi connectivity index (χ1v) is 12.1. The Kier molecular flexibility index (Phi) is 6.69. The highest BCUT2D eigenvalue weighted by molar-refractivity contribution is 7.89. The average Bonchev–Trinajstić information content (AvgIpc) is 3.01. The zero-order valence-corrected chi connectivity index (χ0v) is 19.5. The summed E-state index contributed by atoms with van der Waals surface area (Å²) in [7, 11) is -4.54. The molecule has 8 nitrogen and oxygen atoms in total. The molecule has 0 aliphatic carbocycles. The summed E-state index contributed by atoms with van der Waals surface area (Å²) in [5.41, 5.74) is -2.84. The topological polar surface area (TPSA) is 115 Å². The van der Waals surface area contributed by atoms with E-state index < -0.39 is 64.2 Å². The molecule has 194 valence electrons. The lowest BCUT2D eigenvalue weighted by molar-refractivity contribution is -0.141. The van der Waals surface area contributed by atoms with E-state index in [9.17, 15) is 45.8 Å². The number of benzene rings is 3. The number of amides is 1. The van der Waals surface area contributed by atoms with E-state index in [-0.39, 0.29) is 21.9 Å². The summed E-state index contributed by atoms with van der Waals surface area (Å²) < 4.78 is 83.0. The number of carbonyl (C=O) groups excluding carboxylic acids is 1. The molecule has 0 bridgehead atoms. The molecule has 37 heavy (non-hydrogen) atoms. The van der Waals surface area contributed by atoms with Gasteiger partial charge in [-0.25, -0.2) is 12.8 Å².